The molecule has 9 heteroatoms. The molecule has 27 heavy (non-hydrogen) atoms. The van der Waals surface area contributed by atoms with E-state index in [4.69, 9.17) is 4.74 Å². The number of methoxy groups -OCH3 is 1. The minimum absolute atomic E-state index is 0.0208. The van der Waals surface area contributed by atoms with Crippen LogP contribution in [0.5, 0.6) is 5.75 Å². The second kappa shape index (κ2) is 8.45. The number of carbonyl (C=O) groups excluding carboxylic acids is 1. The predicted octanol–water partition coefficient (Wildman–Crippen LogP) is 3.26. The second-order valence-corrected chi connectivity index (χ2v) is 7.47. The lowest BCUT2D eigenvalue weighted by atomic mass is 10.2. The quantitative estimate of drug-likeness (QED) is 0.777. The standard InChI is InChI=1S/C18H20F2N2O4S/c1-4-22(5-2)27(24,25)13-7-9-17(26-3)16(11-13)21-18(23)12-6-8-14(19)15(20)10-12/h6-11H,4-5H2,1-3H3,(H,21,23). The maximum atomic E-state index is 13.3. The third-order valence-electron chi connectivity index (χ3n) is 3.94. The molecule has 0 bridgehead atoms. The number of rotatable bonds is 7. The van der Waals surface area contributed by atoms with E-state index in [-0.39, 0.29) is 21.9 Å². The van der Waals surface area contributed by atoms with Gasteiger partial charge in [0.05, 0.1) is 17.7 Å². The molecule has 0 aliphatic heterocycles. The van der Waals surface area contributed by atoms with Crippen molar-refractivity contribution in [2.45, 2.75) is 18.7 Å². The molecule has 0 saturated carbocycles. The minimum atomic E-state index is -3.74. The zero-order valence-electron chi connectivity index (χ0n) is 15.1. The highest BCUT2D eigenvalue weighted by Gasteiger charge is 2.23. The summed E-state index contributed by atoms with van der Waals surface area (Å²) in [6, 6.07) is 6.77. The molecule has 0 saturated heterocycles. The number of nitrogens with zero attached hydrogens (tertiary/aromatic N) is 1. The maximum Gasteiger partial charge on any atom is 0.255 e. The fraction of sp³-hybridized carbons (Fsp3) is 0.278. The fourth-order valence-corrected chi connectivity index (χ4v) is 3.97. The molecule has 0 aliphatic carbocycles. The van der Waals surface area contributed by atoms with Gasteiger partial charge in [-0.05, 0) is 36.4 Å². The van der Waals surface area contributed by atoms with Gasteiger partial charge in [-0.2, -0.15) is 4.31 Å². The Balaban J connectivity index is 2.40. The van der Waals surface area contributed by atoms with E-state index in [2.05, 4.69) is 5.32 Å². The topological polar surface area (TPSA) is 75.7 Å². The molecule has 1 amide bonds. The van der Waals surface area contributed by atoms with Crippen LogP contribution in [0.3, 0.4) is 0 Å². The number of hydrogen-bond acceptors (Lipinski definition) is 4. The molecule has 0 unspecified atom stereocenters. The van der Waals surface area contributed by atoms with E-state index >= 15 is 0 Å². The Bertz CT molecular complexity index is 944. The van der Waals surface area contributed by atoms with Gasteiger partial charge >= 0.3 is 0 Å². The number of halogens is 2. The summed E-state index contributed by atoms with van der Waals surface area (Å²) in [6.45, 7) is 4.02. The summed E-state index contributed by atoms with van der Waals surface area (Å²) >= 11 is 0. The number of anilines is 1. The van der Waals surface area contributed by atoms with E-state index in [0.29, 0.717) is 13.1 Å². The minimum Gasteiger partial charge on any atom is -0.495 e. The number of hydrogen-bond donors (Lipinski definition) is 1. The molecule has 0 radical (unpaired) electrons. The lowest BCUT2D eigenvalue weighted by Crippen LogP contribution is -2.30. The number of amides is 1. The van der Waals surface area contributed by atoms with Crippen LogP contribution < -0.4 is 10.1 Å². The summed E-state index contributed by atoms with van der Waals surface area (Å²) in [6.07, 6.45) is 0. The zero-order valence-corrected chi connectivity index (χ0v) is 15.9. The number of ether oxygens (including phenoxy) is 1. The molecule has 0 aromatic heterocycles. The van der Waals surface area contributed by atoms with Crippen LogP contribution in [0, 0.1) is 11.6 Å². The maximum absolute atomic E-state index is 13.3. The van der Waals surface area contributed by atoms with Crippen molar-refractivity contribution in [3.8, 4) is 5.75 Å². The van der Waals surface area contributed by atoms with E-state index in [1.165, 1.54) is 29.6 Å². The van der Waals surface area contributed by atoms with Gasteiger partial charge in [0.15, 0.2) is 11.6 Å². The smallest absolute Gasteiger partial charge is 0.255 e. The Morgan fingerprint density at radius 2 is 1.74 bits per heavy atom. The van der Waals surface area contributed by atoms with Crippen LogP contribution in [0.15, 0.2) is 41.3 Å². The van der Waals surface area contributed by atoms with Crippen molar-refractivity contribution in [1.29, 1.82) is 0 Å². The average molecular weight is 398 g/mol. The molecule has 6 nitrogen and oxygen atoms in total. The van der Waals surface area contributed by atoms with Crippen LogP contribution in [0.4, 0.5) is 14.5 Å². The number of nitrogens with one attached hydrogen (secondary N) is 1. The average Bonchev–Trinajstić information content (AvgIpc) is 2.64. The van der Waals surface area contributed by atoms with E-state index < -0.39 is 27.6 Å². The highest BCUT2D eigenvalue weighted by molar-refractivity contribution is 7.89. The fourth-order valence-electron chi connectivity index (χ4n) is 2.49. The normalized spacial score (nSPS) is 11.5. The molecule has 2 rings (SSSR count). The first-order valence-electron chi connectivity index (χ1n) is 8.19. The largest absolute Gasteiger partial charge is 0.495 e. The number of carbonyl (C=O) groups is 1. The molecule has 1 N–H and O–H groups in total. The highest BCUT2D eigenvalue weighted by atomic mass is 32.2. The lowest BCUT2D eigenvalue weighted by molar-refractivity contribution is 0.102. The summed E-state index contributed by atoms with van der Waals surface area (Å²) < 4.78 is 58.1. The van der Waals surface area contributed by atoms with E-state index in [1.54, 1.807) is 13.8 Å². The van der Waals surface area contributed by atoms with Crippen LogP contribution in [-0.2, 0) is 10.0 Å². The van der Waals surface area contributed by atoms with Crippen molar-refractivity contribution in [2.24, 2.45) is 0 Å². The third kappa shape index (κ3) is 4.42. The van der Waals surface area contributed by atoms with Crippen LogP contribution in [-0.4, -0.2) is 38.8 Å². The van der Waals surface area contributed by atoms with Crippen molar-refractivity contribution < 1.29 is 26.7 Å². The first kappa shape index (κ1) is 20.8. The Hall–Kier alpha value is -2.52. The van der Waals surface area contributed by atoms with Crippen molar-refractivity contribution in [1.82, 2.24) is 4.31 Å². The lowest BCUT2D eigenvalue weighted by Gasteiger charge is -2.19. The molecule has 0 spiro atoms. The van der Waals surface area contributed by atoms with Gasteiger partial charge in [0.1, 0.15) is 5.75 Å². The molecular weight excluding hydrogens is 378 g/mol. The van der Waals surface area contributed by atoms with Crippen LogP contribution in [0.25, 0.3) is 0 Å². The SMILES string of the molecule is CCN(CC)S(=O)(=O)c1ccc(OC)c(NC(=O)c2ccc(F)c(F)c2)c1. The van der Waals surface area contributed by atoms with Crippen LogP contribution in [0.1, 0.15) is 24.2 Å². The van der Waals surface area contributed by atoms with Crippen LogP contribution in [0.2, 0.25) is 0 Å². The van der Waals surface area contributed by atoms with Gasteiger partial charge in [-0.1, -0.05) is 13.8 Å². The second-order valence-electron chi connectivity index (χ2n) is 5.53. The Labute approximate surface area is 156 Å². The summed E-state index contributed by atoms with van der Waals surface area (Å²) in [4.78, 5) is 12.3. The van der Waals surface area contributed by atoms with Crippen LogP contribution >= 0.6 is 0 Å². The Morgan fingerprint density at radius 3 is 2.30 bits per heavy atom. The highest BCUT2D eigenvalue weighted by Crippen LogP contribution is 2.29. The summed E-state index contributed by atoms with van der Waals surface area (Å²) in [5, 5.41) is 2.48. The third-order valence-corrected chi connectivity index (χ3v) is 5.99. The zero-order chi connectivity index (χ0) is 20.2. The summed E-state index contributed by atoms with van der Waals surface area (Å²) in [7, 11) is -2.38. The monoisotopic (exact) mass is 398 g/mol. The summed E-state index contributed by atoms with van der Waals surface area (Å²) in [5.74, 6) is -2.74. The molecule has 146 valence electrons. The van der Waals surface area contributed by atoms with Gasteiger partial charge in [-0.25, -0.2) is 17.2 Å². The number of benzene rings is 2. The molecule has 2 aromatic rings. The van der Waals surface area contributed by atoms with Crippen molar-refractivity contribution in [3.63, 3.8) is 0 Å². The van der Waals surface area contributed by atoms with Gasteiger partial charge < -0.3 is 10.1 Å². The van der Waals surface area contributed by atoms with E-state index in [0.717, 1.165) is 18.2 Å². The van der Waals surface area contributed by atoms with Gasteiger partial charge in [-0.15, -0.1) is 0 Å². The predicted molar refractivity (Wildman–Crippen MR) is 97.4 cm³/mol. The van der Waals surface area contributed by atoms with Gasteiger partial charge in [-0.3, -0.25) is 4.79 Å². The molecule has 0 atom stereocenters. The van der Waals surface area contributed by atoms with Gasteiger partial charge in [0.25, 0.3) is 5.91 Å². The Kier molecular flexibility index (Phi) is 6.50. The summed E-state index contributed by atoms with van der Waals surface area (Å²) in [5.41, 5.74) is -0.0200. The van der Waals surface area contributed by atoms with Crippen molar-refractivity contribution in [2.75, 3.05) is 25.5 Å². The molecule has 0 heterocycles. The number of sulfonamides is 1. The molecule has 0 aliphatic rings. The first-order chi connectivity index (χ1) is 12.7. The molecule has 0 fully saturated rings. The Morgan fingerprint density at radius 1 is 1.07 bits per heavy atom. The van der Waals surface area contributed by atoms with Gasteiger partial charge in [0.2, 0.25) is 10.0 Å². The molecular formula is C18H20F2N2O4S. The van der Waals surface area contributed by atoms with Crippen molar-refractivity contribution >= 4 is 21.6 Å². The van der Waals surface area contributed by atoms with E-state index in [1.807, 2.05) is 0 Å². The van der Waals surface area contributed by atoms with E-state index in [9.17, 15) is 22.0 Å². The van der Waals surface area contributed by atoms with Gasteiger partial charge in [0, 0.05) is 18.7 Å². The molecule has 2 aromatic carbocycles. The first-order valence-corrected chi connectivity index (χ1v) is 9.63. The van der Waals surface area contributed by atoms with Crippen molar-refractivity contribution in [3.05, 3.63) is 53.6 Å².